The molecule has 0 radical (unpaired) electrons. The van der Waals surface area contributed by atoms with Crippen LogP contribution < -0.4 is 5.73 Å². The van der Waals surface area contributed by atoms with Gasteiger partial charge >= 0.3 is 5.97 Å². The van der Waals surface area contributed by atoms with E-state index in [9.17, 15) is 9.90 Å². The van der Waals surface area contributed by atoms with E-state index < -0.39 is 11.4 Å². The first kappa shape index (κ1) is 10.2. The number of carboxylic acids is 1. The monoisotopic (exact) mass is 205 g/mol. The first-order chi connectivity index (χ1) is 7.21. The minimum atomic E-state index is -0.860. The van der Waals surface area contributed by atoms with Gasteiger partial charge in [-0.25, -0.2) is 0 Å². The molecule has 1 aromatic carbocycles. The Morgan fingerprint density at radius 3 is 2.40 bits per heavy atom. The molecule has 1 unspecified atom stereocenters. The lowest BCUT2D eigenvalue weighted by Gasteiger charge is -2.28. The molecule has 3 nitrogen and oxygen atoms in total. The van der Waals surface area contributed by atoms with Gasteiger partial charge in [0.05, 0.1) is 0 Å². The van der Waals surface area contributed by atoms with Gasteiger partial charge in [0.2, 0.25) is 0 Å². The van der Waals surface area contributed by atoms with Crippen molar-refractivity contribution in [3.05, 3.63) is 35.9 Å². The molecule has 0 aromatic heterocycles. The molecule has 0 heterocycles. The van der Waals surface area contributed by atoms with E-state index >= 15 is 0 Å². The molecule has 3 N–H and O–H groups in total. The van der Waals surface area contributed by atoms with Gasteiger partial charge < -0.3 is 10.8 Å². The Bertz CT molecular complexity index is 359. The summed E-state index contributed by atoms with van der Waals surface area (Å²) in [6.07, 6.45) is 1.94. The molecule has 1 aromatic rings. The Balaban J connectivity index is 2.45. The van der Waals surface area contributed by atoms with Crippen LogP contribution in [0, 0.1) is 5.92 Å². The molecule has 2 rings (SSSR count). The van der Waals surface area contributed by atoms with Crippen LogP contribution in [-0.2, 0) is 10.2 Å². The predicted octanol–water partition coefficient (Wildman–Crippen LogP) is 1.38. The first-order valence-electron chi connectivity index (χ1n) is 5.21. The zero-order chi connectivity index (χ0) is 10.9. The number of carbonyl (C=O) groups is 1. The smallest absolute Gasteiger partial charge is 0.315 e. The number of nitrogens with two attached hydrogens (primary N) is 1. The number of rotatable bonds is 4. The lowest BCUT2D eigenvalue weighted by Crippen LogP contribution is -2.45. The number of aliphatic carboxylic acids is 1. The van der Waals surface area contributed by atoms with E-state index in [0.717, 1.165) is 18.4 Å². The van der Waals surface area contributed by atoms with Gasteiger partial charge in [-0.05, 0) is 24.3 Å². The van der Waals surface area contributed by atoms with Crippen molar-refractivity contribution in [2.45, 2.75) is 18.3 Å². The number of carboxylic acid groups (broad SMARTS) is 1. The fraction of sp³-hybridized carbons (Fsp3) is 0.417. The minimum absolute atomic E-state index is 0.178. The quantitative estimate of drug-likeness (QED) is 0.780. The van der Waals surface area contributed by atoms with Crippen LogP contribution in [0.1, 0.15) is 18.4 Å². The molecule has 0 spiro atoms. The van der Waals surface area contributed by atoms with Crippen molar-refractivity contribution in [1.29, 1.82) is 0 Å². The fourth-order valence-electron chi connectivity index (χ4n) is 2.22. The summed E-state index contributed by atoms with van der Waals surface area (Å²) in [5.74, 6) is -0.582. The Hall–Kier alpha value is -1.35. The standard InChI is InChI=1S/C12H15NO2/c13-8-12(11(14)15,10-6-7-10)9-4-2-1-3-5-9/h1-5,10H,6-8,13H2,(H,14,15). The van der Waals surface area contributed by atoms with Crippen molar-refractivity contribution >= 4 is 5.97 Å². The van der Waals surface area contributed by atoms with Gasteiger partial charge in [-0.1, -0.05) is 30.3 Å². The molecule has 1 aliphatic rings. The summed E-state index contributed by atoms with van der Waals surface area (Å²) in [6.45, 7) is 0.178. The van der Waals surface area contributed by atoms with Crippen LogP contribution in [0.3, 0.4) is 0 Å². The van der Waals surface area contributed by atoms with Crippen LogP contribution in [-0.4, -0.2) is 17.6 Å². The summed E-state index contributed by atoms with van der Waals surface area (Å²) >= 11 is 0. The van der Waals surface area contributed by atoms with E-state index in [-0.39, 0.29) is 12.5 Å². The molecule has 0 amide bonds. The molecule has 1 atom stereocenters. The summed E-state index contributed by atoms with van der Waals surface area (Å²) in [6, 6.07) is 9.34. The number of hydrogen-bond donors (Lipinski definition) is 2. The lowest BCUT2D eigenvalue weighted by molar-refractivity contribution is -0.144. The van der Waals surface area contributed by atoms with Crippen LogP contribution >= 0.6 is 0 Å². The Morgan fingerprint density at radius 1 is 1.40 bits per heavy atom. The van der Waals surface area contributed by atoms with Crippen LogP contribution in [0.25, 0.3) is 0 Å². The zero-order valence-electron chi connectivity index (χ0n) is 8.52. The van der Waals surface area contributed by atoms with Crippen LogP contribution in [0.5, 0.6) is 0 Å². The highest BCUT2D eigenvalue weighted by atomic mass is 16.4. The highest BCUT2D eigenvalue weighted by molar-refractivity contribution is 5.82. The highest BCUT2D eigenvalue weighted by Crippen LogP contribution is 2.47. The minimum Gasteiger partial charge on any atom is -0.481 e. The number of hydrogen-bond acceptors (Lipinski definition) is 2. The van der Waals surface area contributed by atoms with Crippen LogP contribution in [0.4, 0.5) is 0 Å². The molecular formula is C12H15NO2. The largest absolute Gasteiger partial charge is 0.481 e. The van der Waals surface area contributed by atoms with E-state index in [2.05, 4.69) is 0 Å². The molecule has 80 valence electrons. The van der Waals surface area contributed by atoms with E-state index in [1.165, 1.54) is 0 Å². The van der Waals surface area contributed by atoms with E-state index in [0.29, 0.717) is 0 Å². The Morgan fingerprint density at radius 2 is 2.00 bits per heavy atom. The van der Waals surface area contributed by atoms with Crippen molar-refractivity contribution in [3.63, 3.8) is 0 Å². The van der Waals surface area contributed by atoms with E-state index in [4.69, 9.17) is 5.73 Å². The highest BCUT2D eigenvalue weighted by Gasteiger charge is 2.51. The molecule has 15 heavy (non-hydrogen) atoms. The van der Waals surface area contributed by atoms with Gasteiger partial charge in [-0.15, -0.1) is 0 Å². The number of benzene rings is 1. The average molecular weight is 205 g/mol. The SMILES string of the molecule is NCC(C(=O)O)(c1ccccc1)C1CC1. The van der Waals surface area contributed by atoms with Crippen molar-refractivity contribution in [2.75, 3.05) is 6.54 Å². The summed E-state index contributed by atoms with van der Waals surface area (Å²) in [5, 5.41) is 9.41. The molecule has 1 aliphatic carbocycles. The molecule has 1 fully saturated rings. The third-order valence-electron chi connectivity index (χ3n) is 3.27. The zero-order valence-corrected chi connectivity index (χ0v) is 8.52. The van der Waals surface area contributed by atoms with Crippen LogP contribution in [0.2, 0.25) is 0 Å². The van der Waals surface area contributed by atoms with Gasteiger partial charge in [0.15, 0.2) is 0 Å². The Kier molecular flexibility index (Phi) is 2.49. The fourth-order valence-corrected chi connectivity index (χ4v) is 2.22. The molecule has 3 heteroatoms. The second-order valence-electron chi connectivity index (χ2n) is 4.12. The van der Waals surface area contributed by atoms with E-state index in [1.54, 1.807) is 0 Å². The maximum absolute atomic E-state index is 11.5. The van der Waals surface area contributed by atoms with E-state index in [1.807, 2.05) is 30.3 Å². The first-order valence-corrected chi connectivity index (χ1v) is 5.21. The predicted molar refractivity (Wildman–Crippen MR) is 57.5 cm³/mol. The maximum atomic E-state index is 11.5. The van der Waals surface area contributed by atoms with Gasteiger partial charge in [-0.2, -0.15) is 0 Å². The molecule has 0 saturated heterocycles. The molecule has 0 aliphatic heterocycles. The topological polar surface area (TPSA) is 63.3 Å². The second kappa shape index (κ2) is 3.66. The van der Waals surface area contributed by atoms with Gasteiger partial charge in [0, 0.05) is 6.54 Å². The normalized spacial score (nSPS) is 19.5. The molecule has 0 bridgehead atoms. The summed E-state index contributed by atoms with van der Waals surface area (Å²) < 4.78 is 0. The summed E-state index contributed by atoms with van der Waals surface area (Å²) in [4.78, 5) is 11.5. The van der Waals surface area contributed by atoms with Crippen molar-refractivity contribution in [1.82, 2.24) is 0 Å². The summed E-state index contributed by atoms with van der Waals surface area (Å²) in [7, 11) is 0. The van der Waals surface area contributed by atoms with Crippen LogP contribution in [0.15, 0.2) is 30.3 Å². The second-order valence-corrected chi connectivity index (χ2v) is 4.12. The lowest BCUT2D eigenvalue weighted by atomic mass is 9.76. The maximum Gasteiger partial charge on any atom is 0.315 e. The van der Waals surface area contributed by atoms with Gasteiger partial charge in [0.25, 0.3) is 0 Å². The third-order valence-corrected chi connectivity index (χ3v) is 3.27. The third kappa shape index (κ3) is 1.53. The van der Waals surface area contributed by atoms with Gasteiger partial charge in [0.1, 0.15) is 5.41 Å². The molecular weight excluding hydrogens is 190 g/mol. The Labute approximate surface area is 88.9 Å². The molecule has 1 saturated carbocycles. The van der Waals surface area contributed by atoms with Crippen molar-refractivity contribution in [3.8, 4) is 0 Å². The van der Waals surface area contributed by atoms with Gasteiger partial charge in [-0.3, -0.25) is 4.79 Å². The van der Waals surface area contributed by atoms with Crippen molar-refractivity contribution < 1.29 is 9.90 Å². The average Bonchev–Trinajstić information content (AvgIpc) is 3.05. The summed E-state index contributed by atoms with van der Waals surface area (Å²) in [5.41, 5.74) is 5.68. The van der Waals surface area contributed by atoms with Crippen molar-refractivity contribution in [2.24, 2.45) is 11.7 Å².